The summed E-state index contributed by atoms with van der Waals surface area (Å²) in [6.45, 7) is 2.75. The molecule has 1 aromatic carbocycles. The molecule has 6 heteroatoms. The number of nitrogens with two attached hydrogens (primary N) is 1. The number of carbonyl (C=O) groups is 1. The number of halogens is 1. The van der Waals surface area contributed by atoms with Crippen LogP contribution in [0.15, 0.2) is 18.2 Å². The molecule has 21 heavy (non-hydrogen) atoms. The highest BCUT2D eigenvalue weighted by Crippen LogP contribution is 2.22. The third kappa shape index (κ3) is 5.53. The van der Waals surface area contributed by atoms with E-state index in [9.17, 15) is 4.79 Å². The average Bonchev–Trinajstić information content (AvgIpc) is 2.49. The first-order valence-corrected chi connectivity index (χ1v) is 7.53. The maximum absolute atomic E-state index is 11.8. The minimum Gasteiger partial charge on any atom is -0.397 e. The van der Waals surface area contributed by atoms with E-state index in [1.54, 1.807) is 18.2 Å². The van der Waals surface area contributed by atoms with Crippen molar-refractivity contribution in [3.8, 4) is 0 Å². The number of benzene rings is 1. The molecule has 1 amide bonds. The van der Waals surface area contributed by atoms with Gasteiger partial charge in [0.15, 0.2) is 0 Å². The van der Waals surface area contributed by atoms with Gasteiger partial charge in [-0.2, -0.15) is 0 Å². The molecule has 1 saturated heterocycles. The number of nitrogens with one attached hydrogen (secondary N) is 1. The van der Waals surface area contributed by atoms with E-state index in [2.05, 4.69) is 5.32 Å². The number of rotatable bonds is 6. The van der Waals surface area contributed by atoms with Crippen LogP contribution in [0.5, 0.6) is 0 Å². The van der Waals surface area contributed by atoms with Crippen molar-refractivity contribution in [3.05, 3.63) is 23.2 Å². The van der Waals surface area contributed by atoms with Crippen LogP contribution < -0.4 is 11.1 Å². The Bertz CT molecular complexity index is 476. The van der Waals surface area contributed by atoms with Gasteiger partial charge in [-0.1, -0.05) is 11.6 Å². The van der Waals surface area contributed by atoms with Gasteiger partial charge in [0.1, 0.15) is 0 Å². The Morgan fingerprint density at radius 1 is 1.43 bits per heavy atom. The molecule has 116 valence electrons. The fourth-order valence-electron chi connectivity index (χ4n) is 2.17. The fraction of sp³-hybridized carbons (Fsp3) is 0.533. The molecule has 0 aliphatic carbocycles. The molecule has 0 spiro atoms. The van der Waals surface area contributed by atoms with Gasteiger partial charge in [-0.15, -0.1) is 0 Å². The van der Waals surface area contributed by atoms with Crippen LogP contribution in [-0.2, 0) is 14.3 Å². The van der Waals surface area contributed by atoms with Gasteiger partial charge in [0, 0.05) is 25.5 Å². The van der Waals surface area contributed by atoms with Crippen LogP contribution in [0.2, 0.25) is 5.02 Å². The number of amides is 1. The molecule has 1 aliphatic rings. The Morgan fingerprint density at radius 3 is 2.90 bits per heavy atom. The highest BCUT2D eigenvalue weighted by Gasteiger charge is 2.13. The highest BCUT2D eigenvalue weighted by molar-refractivity contribution is 6.33. The lowest BCUT2D eigenvalue weighted by molar-refractivity contribution is -0.117. The summed E-state index contributed by atoms with van der Waals surface area (Å²) in [6, 6.07) is 5.02. The molecule has 2 rings (SSSR count). The van der Waals surface area contributed by atoms with E-state index in [-0.39, 0.29) is 5.91 Å². The largest absolute Gasteiger partial charge is 0.397 e. The van der Waals surface area contributed by atoms with Crippen LogP contribution >= 0.6 is 11.6 Å². The molecule has 5 nitrogen and oxygen atoms in total. The van der Waals surface area contributed by atoms with Gasteiger partial charge in [-0.3, -0.25) is 4.79 Å². The normalized spacial score (nSPS) is 15.9. The molecule has 0 bridgehead atoms. The zero-order chi connectivity index (χ0) is 15.1. The molecule has 1 aliphatic heterocycles. The minimum absolute atomic E-state index is 0.0938. The third-order valence-corrected chi connectivity index (χ3v) is 3.79. The number of carbonyl (C=O) groups excluding carboxylic acids is 1. The molecule has 0 aromatic heterocycles. The smallest absolute Gasteiger partial charge is 0.226 e. The monoisotopic (exact) mass is 312 g/mol. The summed E-state index contributed by atoms with van der Waals surface area (Å²) >= 11 is 5.83. The maximum Gasteiger partial charge on any atom is 0.226 e. The third-order valence-electron chi connectivity index (χ3n) is 3.45. The summed E-state index contributed by atoms with van der Waals surface area (Å²) in [5.74, 6) is 0.460. The quantitative estimate of drug-likeness (QED) is 0.625. The van der Waals surface area contributed by atoms with Crippen molar-refractivity contribution in [2.24, 2.45) is 5.92 Å². The van der Waals surface area contributed by atoms with E-state index < -0.39 is 0 Å². The minimum atomic E-state index is -0.0938. The van der Waals surface area contributed by atoms with Crippen molar-refractivity contribution in [3.63, 3.8) is 0 Å². The molecular formula is C15H21ClN2O3. The van der Waals surface area contributed by atoms with E-state index in [1.165, 1.54) is 0 Å². The van der Waals surface area contributed by atoms with E-state index in [0.717, 1.165) is 26.1 Å². The van der Waals surface area contributed by atoms with E-state index in [0.29, 0.717) is 41.9 Å². The molecule has 1 aromatic rings. The van der Waals surface area contributed by atoms with Crippen molar-refractivity contribution in [2.75, 3.05) is 37.5 Å². The molecule has 0 saturated carbocycles. The molecule has 3 N–H and O–H groups in total. The van der Waals surface area contributed by atoms with Gasteiger partial charge >= 0.3 is 0 Å². The lowest BCUT2D eigenvalue weighted by atomic mass is 10.0. The van der Waals surface area contributed by atoms with Gasteiger partial charge in [-0.25, -0.2) is 0 Å². The zero-order valence-electron chi connectivity index (χ0n) is 11.9. The van der Waals surface area contributed by atoms with Gasteiger partial charge < -0.3 is 20.5 Å². The number of hydrogen-bond donors (Lipinski definition) is 2. The SMILES string of the molecule is Nc1cc(NC(=O)CCOCC2CCOCC2)ccc1Cl. The van der Waals surface area contributed by atoms with Gasteiger partial charge in [0.2, 0.25) is 5.91 Å². The van der Waals surface area contributed by atoms with Crippen LogP contribution in [0.25, 0.3) is 0 Å². The van der Waals surface area contributed by atoms with Crippen molar-refractivity contribution >= 4 is 28.9 Å². The van der Waals surface area contributed by atoms with Crippen molar-refractivity contribution in [1.29, 1.82) is 0 Å². The number of hydrogen-bond acceptors (Lipinski definition) is 4. The predicted octanol–water partition coefficient (Wildman–Crippen LogP) is 2.69. The average molecular weight is 313 g/mol. The topological polar surface area (TPSA) is 73.6 Å². The van der Waals surface area contributed by atoms with Crippen LogP contribution in [0.4, 0.5) is 11.4 Å². The number of anilines is 2. The second-order valence-corrected chi connectivity index (χ2v) is 5.57. The summed E-state index contributed by atoms with van der Waals surface area (Å²) in [5.41, 5.74) is 6.78. The lowest BCUT2D eigenvalue weighted by Crippen LogP contribution is -2.21. The second kappa shape index (κ2) is 8.22. The van der Waals surface area contributed by atoms with Crippen LogP contribution in [0.1, 0.15) is 19.3 Å². The van der Waals surface area contributed by atoms with E-state index >= 15 is 0 Å². The standard InChI is InChI=1S/C15H21ClN2O3/c16-13-2-1-12(9-14(13)17)18-15(19)5-8-21-10-11-3-6-20-7-4-11/h1-2,9,11H,3-8,10,17H2,(H,18,19). The molecule has 0 radical (unpaired) electrons. The second-order valence-electron chi connectivity index (χ2n) is 5.17. The summed E-state index contributed by atoms with van der Waals surface area (Å²) in [5, 5.41) is 3.25. The first-order valence-electron chi connectivity index (χ1n) is 7.15. The van der Waals surface area contributed by atoms with Crippen LogP contribution in [-0.4, -0.2) is 32.3 Å². The molecular weight excluding hydrogens is 292 g/mol. The van der Waals surface area contributed by atoms with Gasteiger partial charge in [0.25, 0.3) is 0 Å². The molecule has 0 unspecified atom stereocenters. The Morgan fingerprint density at radius 2 is 2.19 bits per heavy atom. The first kappa shape index (κ1) is 16.1. The van der Waals surface area contributed by atoms with Crippen molar-refractivity contribution in [2.45, 2.75) is 19.3 Å². The Balaban J connectivity index is 1.63. The van der Waals surface area contributed by atoms with Crippen LogP contribution in [0.3, 0.4) is 0 Å². The first-order chi connectivity index (χ1) is 10.1. The Kier molecular flexibility index (Phi) is 6.29. The predicted molar refractivity (Wildman–Crippen MR) is 83.5 cm³/mol. The Labute approximate surface area is 129 Å². The molecule has 0 atom stereocenters. The fourth-order valence-corrected chi connectivity index (χ4v) is 2.29. The molecule has 1 heterocycles. The lowest BCUT2D eigenvalue weighted by Gasteiger charge is -2.21. The summed E-state index contributed by atoms with van der Waals surface area (Å²) < 4.78 is 10.9. The number of nitrogen functional groups attached to an aromatic ring is 1. The van der Waals surface area contributed by atoms with Crippen molar-refractivity contribution < 1.29 is 14.3 Å². The highest BCUT2D eigenvalue weighted by atomic mass is 35.5. The maximum atomic E-state index is 11.8. The van der Waals surface area contributed by atoms with Gasteiger partial charge in [0.05, 0.1) is 23.7 Å². The number of ether oxygens (including phenoxy) is 2. The Hall–Kier alpha value is -1.30. The summed E-state index contributed by atoms with van der Waals surface area (Å²) in [7, 11) is 0. The van der Waals surface area contributed by atoms with Crippen LogP contribution in [0, 0.1) is 5.92 Å². The summed E-state index contributed by atoms with van der Waals surface area (Å²) in [6.07, 6.45) is 2.40. The summed E-state index contributed by atoms with van der Waals surface area (Å²) in [4.78, 5) is 11.8. The zero-order valence-corrected chi connectivity index (χ0v) is 12.7. The van der Waals surface area contributed by atoms with Crippen molar-refractivity contribution in [1.82, 2.24) is 0 Å². The molecule has 1 fully saturated rings. The van der Waals surface area contributed by atoms with Gasteiger partial charge in [-0.05, 0) is 37.0 Å². The van der Waals surface area contributed by atoms with E-state index in [4.69, 9.17) is 26.8 Å². The van der Waals surface area contributed by atoms with E-state index in [1.807, 2.05) is 0 Å².